The third-order valence-corrected chi connectivity index (χ3v) is 2.71. The van der Waals surface area contributed by atoms with Crippen molar-refractivity contribution in [2.24, 2.45) is 17.8 Å². The summed E-state index contributed by atoms with van der Waals surface area (Å²) >= 11 is 0. The van der Waals surface area contributed by atoms with Crippen LogP contribution in [-0.2, 0) is 13.6 Å². The number of nitrogens with zero attached hydrogens (tertiary/aromatic N) is 5. The molecular weight excluding hydrogens is 331 g/mol. The fraction of sp³-hybridized carbons (Fsp3) is 0.700. The number of halogens is 1. The molecule has 0 aliphatic carbocycles. The number of hydrogen-bond acceptors (Lipinski definition) is 3. The van der Waals surface area contributed by atoms with Crippen LogP contribution in [0.2, 0.25) is 0 Å². The van der Waals surface area contributed by atoms with E-state index in [1.807, 2.05) is 7.05 Å². The van der Waals surface area contributed by atoms with Crippen LogP contribution in [0, 0.1) is 0 Å². The van der Waals surface area contributed by atoms with Gasteiger partial charge in [0, 0.05) is 20.1 Å². The van der Waals surface area contributed by atoms with Crippen molar-refractivity contribution in [2.45, 2.75) is 25.8 Å². The molecule has 2 rings (SSSR count). The Hall–Kier alpha value is -0.860. The van der Waals surface area contributed by atoms with Gasteiger partial charge in [-0.05, 0) is 19.3 Å². The molecule has 1 saturated heterocycles. The molecule has 0 spiro atoms. The Morgan fingerprint density at radius 3 is 2.71 bits per heavy atom. The van der Waals surface area contributed by atoms with E-state index in [9.17, 15) is 0 Å². The van der Waals surface area contributed by atoms with E-state index in [4.69, 9.17) is 5.73 Å². The molecule has 2 N–H and O–H groups in total. The maximum Gasteiger partial charge on any atom is 0.191 e. The number of guanidine groups is 1. The summed E-state index contributed by atoms with van der Waals surface area (Å²) in [5.41, 5.74) is 5.92. The summed E-state index contributed by atoms with van der Waals surface area (Å²) in [6.45, 7) is 2.50. The Morgan fingerprint density at radius 2 is 2.12 bits per heavy atom. The zero-order chi connectivity index (χ0) is 11.4. The van der Waals surface area contributed by atoms with Crippen LogP contribution in [0.15, 0.2) is 11.3 Å². The monoisotopic (exact) mass is 350 g/mol. The van der Waals surface area contributed by atoms with Crippen LogP contribution < -0.4 is 5.73 Å². The van der Waals surface area contributed by atoms with Gasteiger partial charge >= 0.3 is 0 Å². The first-order valence-corrected chi connectivity index (χ1v) is 5.65. The van der Waals surface area contributed by atoms with Crippen molar-refractivity contribution in [2.75, 3.05) is 13.1 Å². The number of aliphatic imine (C=N–C) groups is 1. The molecule has 1 fully saturated rings. The number of piperidine rings is 1. The highest BCUT2D eigenvalue weighted by atomic mass is 127. The average molecular weight is 350 g/mol. The van der Waals surface area contributed by atoms with Gasteiger partial charge in [0.1, 0.15) is 12.9 Å². The summed E-state index contributed by atoms with van der Waals surface area (Å²) in [6.07, 6.45) is 5.38. The van der Waals surface area contributed by atoms with Crippen LogP contribution in [0.4, 0.5) is 0 Å². The Labute approximate surface area is 118 Å². The summed E-state index contributed by atoms with van der Waals surface area (Å²) < 4.78 is 1.67. The number of hydrogen-bond donors (Lipinski definition) is 1. The van der Waals surface area contributed by atoms with E-state index in [0.29, 0.717) is 18.3 Å². The first-order valence-electron chi connectivity index (χ1n) is 5.65. The molecule has 0 saturated carbocycles. The lowest BCUT2D eigenvalue weighted by Gasteiger charge is -2.27. The average Bonchev–Trinajstić information content (AvgIpc) is 2.73. The van der Waals surface area contributed by atoms with Crippen molar-refractivity contribution < 1.29 is 0 Å². The number of likely N-dealkylation sites (tertiary alicyclic amines) is 1. The minimum absolute atomic E-state index is 0. The number of rotatable bonds is 2. The van der Waals surface area contributed by atoms with E-state index in [1.165, 1.54) is 19.3 Å². The van der Waals surface area contributed by atoms with Gasteiger partial charge in [0.2, 0.25) is 0 Å². The van der Waals surface area contributed by atoms with Gasteiger partial charge in [-0.15, -0.1) is 24.0 Å². The summed E-state index contributed by atoms with van der Waals surface area (Å²) in [6, 6.07) is 0. The Bertz CT molecular complexity index is 369. The molecule has 7 heteroatoms. The normalized spacial score (nSPS) is 16.8. The smallest absolute Gasteiger partial charge is 0.191 e. The fourth-order valence-electron chi connectivity index (χ4n) is 1.83. The first kappa shape index (κ1) is 14.2. The molecular formula is C10H19IN6. The van der Waals surface area contributed by atoms with Crippen LogP contribution in [0.5, 0.6) is 0 Å². The molecule has 0 aromatic carbocycles. The third-order valence-electron chi connectivity index (χ3n) is 2.71. The van der Waals surface area contributed by atoms with Crippen LogP contribution >= 0.6 is 24.0 Å². The molecule has 1 aromatic rings. The topological polar surface area (TPSA) is 72.3 Å². The van der Waals surface area contributed by atoms with E-state index < -0.39 is 0 Å². The van der Waals surface area contributed by atoms with E-state index in [1.54, 1.807) is 11.0 Å². The van der Waals surface area contributed by atoms with Crippen LogP contribution in [-0.4, -0.2) is 38.7 Å². The zero-order valence-corrected chi connectivity index (χ0v) is 12.4. The van der Waals surface area contributed by atoms with Crippen molar-refractivity contribution in [3.8, 4) is 0 Å². The quantitative estimate of drug-likeness (QED) is 0.485. The minimum Gasteiger partial charge on any atom is -0.370 e. The summed E-state index contributed by atoms with van der Waals surface area (Å²) in [7, 11) is 1.84. The summed E-state index contributed by atoms with van der Waals surface area (Å²) in [5, 5.41) is 4.15. The lowest BCUT2D eigenvalue weighted by molar-refractivity contribution is 0.338. The molecule has 0 radical (unpaired) electrons. The van der Waals surface area contributed by atoms with Gasteiger partial charge < -0.3 is 10.6 Å². The van der Waals surface area contributed by atoms with Crippen molar-refractivity contribution in [1.29, 1.82) is 0 Å². The van der Waals surface area contributed by atoms with Crippen molar-refractivity contribution >= 4 is 29.9 Å². The number of aryl methyl sites for hydroxylation is 1. The Morgan fingerprint density at radius 1 is 1.41 bits per heavy atom. The zero-order valence-electron chi connectivity index (χ0n) is 10.0. The highest BCUT2D eigenvalue weighted by molar-refractivity contribution is 14.0. The molecule has 17 heavy (non-hydrogen) atoms. The molecule has 0 bridgehead atoms. The standard InChI is InChI=1S/C10H18N6.HI/c1-15-8-13-9(14-15)7-12-10(11)16-5-3-2-4-6-16;/h8H,2-7H2,1H3,(H2,11,12);1H. The van der Waals surface area contributed by atoms with Gasteiger partial charge in [0.25, 0.3) is 0 Å². The van der Waals surface area contributed by atoms with Gasteiger partial charge in [-0.2, -0.15) is 5.10 Å². The predicted molar refractivity (Wildman–Crippen MR) is 77.2 cm³/mol. The van der Waals surface area contributed by atoms with Gasteiger partial charge in [-0.3, -0.25) is 4.68 Å². The van der Waals surface area contributed by atoms with Gasteiger partial charge in [0.15, 0.2) is 11.8 Å². The maximum atomic E-state index is 5.92. The van der Waals surface area contributed by atoms with Gasteiger partial charge in [0.05, 0.1) is 0 Å². The summed E-state index contributed by atoms with van der Waals surface area (Å²) in [4.78, 5) is 10.5. The predicted octanol–water partition coefficient (Wildman–Crippen LogP) is 0.734. The lowest BCUT2D eigenvalue weighted by atomic mass is 10.1. The Balaban J connectivity index is 0.00000144. The Kier molecular flexibility index (Phi) is 5.66. The summed E-state index contributed by atoms with van der Waals surface area (Å²) in [5.74, 6) is 1.33. The van der Waals surface area contributed by atoms with Gasteiger partial charge in [-0.1, -0.05) is 0 Å². The van der Waals surface area contributed by atoms with E-state index in [0.717, 1.165) is 13.1 Å². The molecule has 96 valence electrons. The van der Waals surface area contributed by atoms with E-state index >= 15 is 0 Å². The SMILES string of the molecule is Cn1cnc(CN=C(N)N2CCCCC2)n1.I. The van der Waals surface area contributed by atoms with E-state index in [2.05, 4.69) is 20.0 Å². The molecule has 0 unspecified atom stereocenters. The molecule has 2 heterocycles. The maximum absolute atomic E-state index is 5.92. The van der Waals surface area contributed by atoms with Crippen molar-refractivity contribution in [3.05, 3.63) is 12.2 Å². The van der Waals surface area contributed by atoms with Crippen LogP contribution in [0.1, 0.15) is 25.1 Å². The second-order valence-electron chi connectivity index (χ2n) is 4.06. The van der Waals surface area contributed by atoms with E-state index in [-0.39, 0.29) is 24.0 Å². The first-order chi connectivity index (χ1) is 7.75. The van der Waals surface area contributed by atoms with Crippen LogP contribution in [0.25, 0.3) is 0 Å². The fourth-order valence-corrected chi connectivity index (χ4v) is 1.83. The second kappa shape index (κ2) is 6.77. The van der Waals surface area contributed by atoms with Crippen molar-refractivity contribution in [1.82, 2.24) is 19.7 Å². The second-order valence-corrected chi connectivity index (χ2v) is 4.06. The largest absolute Gasteiger partial charge is 0.370 e. The van der Waals surface area contributed by atoms with Gasteiger partial charge in [-0.25, -0.2) is 9.98 Å². The molecule has 1 aromatic heterocycles. The van der Waals surface area contributed by atoms with Crippen LogP contribution in [0.3, 0.4) is 0 Å². The number of aromatic nitrogens is 3. The third kappa shape index (κ3) is 4.14. The number of nitrogens with two attached hydrogens (primary N) is 1. The molecule has 1 aliphatic heterocycles. The molecule has 1 aliphatic rings. The highest BCUT2D eigenvalue weighted by Crippen LogP contribution is 2.08. The highest BCUT2D eigenvalue weighted by Gasteiger charge is 2.11. The minimum atomic E-state index is 0. The molecule has 0 amide bonds. The lowest BCUT2D eigenvalue weighted by Crippen LogP contribution is -2.40. The van der Waals surface area contributed by atoms with Crippen molar-refractivity contribution in [3.63, 3.8) is 0 Å². The molecule has 0 atom stereocenters. The molecule has 6 nitrogen and oxygen atoms in total.